The van der Waals surface area contributed by atoms with Crippen LogP contribution >= 0.6 is 45.8 Å². The summed E-state index contributed by atoms with van der Waals surface area (Å²) in [4.78, 5) is 47.6. The molecule has 1 amide bonds. The molecule has 7 nitrogen and oxygen atoms in total. The third-order valence-electron chi connectivity index (χ3n) is 6.78. The number of methoxy groups -OCH3 is 1. The highest BCUT2D eigenvalue weighted by atomic mass is 32.2. The number of esters is 1. The van der Waals surface area contributed by atoms with E-state index in [1.165, 1.54) is 52.8 Å². The number of nitrogens with one attached hydrogen (secondary N) is 1. The molecular formula is C29H25N3O4S4. The molecule has 40 heavy (non-hydrogen) atoms. The zero-order chi connectivity index (χ0) is 27.6. The average molecular weight is 608 g/mol. The highest BCUT2D eigenvalue weighted by Gasteiger charge is 2.25. The van der Waals surface area contributed by atoms with E-state index in [4.69, 9.17) is 9.72 Å². The zero-order valence-electron chi connectivity index (χ0n) is 21.6. The fraction of sp³-hybridized carbons (Fsp3) is 0.241. The molecule has 0 atom stereocenters. The van der Waals surface area contributed by atoms with Crippen LogP contribution in [-0.4, -0.2) is 34.3 Å². The van der Waals surface area contributed by atoms with E-state index in [9.17, 15) is 14.4 Å². The number of benzene rings is 1. The Morgan fingerprint density at radius 1 is 1.07 bits per heavy atom. The van der Waals surface area contributed by atoms with Crippen molar-refractivity contribution in [2.24, 2.45) is 0 Å². The molecule has 0 saturated heterocycles. The standard InChI is InChI=1S/C29H25N3O4S4/c1-36-28(35)24-19(20-13-8-14-37-20)15-38-25(24)30-22(33)16-39-29-31-26-23(18-11-6-3-7-12-21(18)40-26)27(34)32(29)17-9-4-2-5-10-17/h2,4-5,8-10,13-15H,3,6-7,11-12,16H2,1H3,(H,30,33). The summed E-state index contributed by atoms with van der Waals surface area (Å²) in [5.41, 5.74) is 2.84. The minimum Gasteiger partial charge on any atom is -0.465 e. The van der Waals surface area contributed by atoms with Crippen LogP contribution in [0.2, 0.25) is 0 Å². The lowest BCUT2D eigenvalue weighted by atomic mass is 10.1. The molecule has 5 aromatic rings. The summed E-state index contributed by atoms with van der Waals surface area (Å²) in [5, 5.41) is 8.29. The second kappa shape index (κ2) is 11.7. The number of aryl methyl sites for hydroxylation is 2. The molecule has 6 rings (SSSR count). The van der Waals surface area contributed by atoms with Crippen LogP contribution in [0.1, 0.15) is 40.1 Å². The minimum atomic E-state index is -0.505. The number of carbonyl (C=O) groups excluding carboxylic acids is 2. The number of nitrogens with zero attached hydrogens (tertiary/aromatic N) is 2. The topological polar surface area (TPSA) is 90.3 Å². The molecule has 0 unspecified atom stereocenters. The van der Waals surface area contributed by atoms with Crippen LogP contribution in [0.3, 0.4) is 0 Å². The Balaban J connectivity index is 1.32. The molecular weight excluding hydrogens is 583 g/mol. The van der Waals surface area contributed by atoms with Gasteiger partial charge in [0.15, 0.2) is 5.16 Å². The summed E-state index contributed by atoms with van der Waals surface area (Å²) in [7, 11) is 1.33. The minimum absolute atomic E-state index is 0.0166. The number of aromatic nitrogens is 2. The highest BCUT2D eigenvalue weighted by molar-refractivity contribution is 7.99. The number of para-hydroxylation sites is 1. The van der Waals surface area contributed by atoms with Gasteiger partial charge >= 0.3 is 5.97 Å². The van der Waals surface area contributed by atoms with E-state index in [0.29, 0.717) is 26.8 Å². The second-order valence-corrected chi connectivity index (χ2v) is 13.1. The molecule has 4 heterocycles. The van der Waals surface area contributed by atoms with Crippen LogP contribution in [0.4, 0.5) is 5.00 Å². The maximum atomic E-state index is 14.0. The smallest absolute Gasteiger partial charge is 0.341 e. The first-order valence-corrected chi connectivity index (χ1v) is 16.4. The number of carbonyl (C=O) groups is 2. The number of thioether (sulfide) groups is 1. The van der Waals surface area contributed by atoms with E-state index in [1.807, 2.05) is 53.2 Å². The summed E-state index contributed by atoms with van der Waals surface area (Å²) in [6, 6.07) is 13.3. The summed E-state index contributed by atoms with van der Waals surface area (Å²) < 4.78 is 6.64. The number of hydrogen-bond donors (Lipinski definition) is 1. The van der Waals surface area contributed by atoms with Crippen molar-refractivity contribution in [1.82, 2.24) is 9.55 Å². The molecule has 0 radical (unpaired) electrons. The van der Waals surface area contributed by atoms with Gasteiger partial charge in [0.2, 0.25) is 5.91 Å². The predicted octanol–water partition coefficient (Wildman–Crippen LogP) is 7.02. The van der Waals surface area contributed by atoms with Crippen LogP contribution in [0.5, 0.6) is 0 Å². The Hall–Kier alpha value is -3.25. The Bertz CT molecular complexity index is 1750. The lowest BCUT2D eigenvalue weighted by molar-refractivity contribution is -0.113. The Labute approximate surface area is 246 Å². The van der Waals surface area contributed by atoms with Crippen molar-refractivity contribution < 1.29 is 14.3 Å². The first-order valence-electron chi connectivity index (χ1n) is 12.8. The second-order valence-electron chi connectivity index (χ2n) is 9.27. The maximum Gasteiger partial charge on any atom is 0.341 e. The van der Waals surface area contributed by atoms with Crippen molar-refractivity contribution in [3.8, 4) is 16.1 Å². The van der Waals surface area contributed by atoms with Crippen molar-refractivity contribution in [3.05, 3.63) is 79.6 Å². The van der Waals surface area contributed by atoms with Crippen molar-refractivity contribution >= 4 is 72.9 Å². The molecule has 11 heteroatoms. The van der Waals surface area contributed by atoms with Gasteiger partial charge in [-0.15, -0.1) is 34.0 Å². The normalized spacial score (nSPS) is 13.1. The molecule has 204 valence electrons. The number of hydrogen-bond acceptors (Lipinski definition) is 9. The van der Waals surface area contributed by atoms with Crippen molar-refractivity contribution in [3.63, 3.8) is 0 Å². The van der Waals surface area contributed by atoms with Gasteiger partial charge in [0.25, 0.3) is 5.56 Å². The van der Waals surface area contributed by atoms with Crippen molar-refractivity contribution in [1.29, 1.82) is 0 Å². The third kappa shape index (κ3) is 5.14. The first kappa shape index (κ1) is 26.9. The van der Waals surface area contributed by atoms with Gasteiger partial charge in [0.1, 0.15) is 15.4 Å². The van der Waals surface area contributed by atoms with Crippen molar-refractivity contribution in [2.75, 3.05) is 18.2 Å². The molecule has 0 spiro atoms. The van der Waals surface area contributed by atoms with E-state index < -0.39 is 5.97 Å². The molecule has 1 aromatic carbocycles. The van der Waals surface area contributed by atoms with Crippen molar-refractivity contribution in [2.45, 2.75) is 37.3 Å². The van der Waals surface area contributed by atoms with Crippen LogP contribution in [0, 0.1) is 0 Å². The van der Waals surface area contributed by atoms with Crippen LogP contribution in [0.15, 0.2) is 63.2 Å². The summed E-state index contributed by atoms with van der Waals surface area (Å²) in [6.45, 7) is 0. The zero-order valence-corrected chi connectivity index (χ0v) is 24.9. The molecule has 0 aliphatic heterocycles. The lowest BCUT2D eigenvalue weighted by Crippen LogP contribution is -2.23. The number of ether oxygens (including phenoxy) is 1. The molecule has 0 fully saturated rings. The summed E-state index contributed by atoms with van der Waals surface area (Å²) in [5.74, 6) is -0.788. The fourth-order valence-electron chi connectivity index (χ4n) is 4.93. The largest absolute Gasteiger partial charge is 0.465 e. The van der Waals surface area contributed by atoms with Gasteiger partial charge in [-0.3, -0.25) is 14.2 Å². The van der Waals surface area contributed by atoms with E-state index in [2.05, 4.69) is 5.32 Å². The van der Waals surface area contributed by atoms with E-state index in [-0.39, 0.29) is 17.2 Å². The van der Waals surface area contributed by atoms with Gasteiger partial charge in [0.05, 0.1) is 23.9 Å². The molecule has 0 saturated carbocycles. The molecule has 0 bridgehead atoms. The Kier molecular flexibility index (Phi) is 7.88. The number of thiophene rings is 3. The monoisotopic (exact) mass is 607 g/mol. The average Bonchev–Trinajstić information content (AvgIpc) is 3.68. The lowest BCUT2D eigenvalue weighted by Gasteiger charge is -2.13. The third-order valence-corrected chi connectivity index (χ3v) is 10.7. The van der Waals surface area contributed by atoms with E-state index in [1.54, 1.807) is 15.9 Å². The highest BCUT2D eigenvalue weighted by Crippen LogP contribution is 2.39. The van der Waals surface area contributed by atoms with E-state index >= 15 is 0 Å². The Morgan fingerprint density at radius 3 is 2.67 bits per heavy atom. The number of amides is 1. The van der Waals surface area contributed by atoms with Gasteiger partial charge in [-0.25, -0.2) is 9.78 Å². The SMILES string of the molecule is COC(=O)c1c(-c2cccs2)csc1NC(=O)CSc1nc2sc3c(c2c(=O)n1-c1ccccc1)CCCCC3. The summed E-state index contributed by atoms with van der Waals surface area (Å²) in [6.07, 6.45) is 5.24. The number of fused-ring (bicyclic) bond motifs is 3. The predicted molar refractivity (Wildman–Crippen MR) is 165 cm³/mol. The van der Waals surface area contributed by atoms with Crippen LogP contribution in [0.25, 0.3) is 26.3 Å². The van der Waals surface area contributed by atoms with Gasteiger partial charge in [-0.1, -0.05) is 42.4 Å². The number of anilines is 1. The van der Waals surface area contributed by atoms with Crippen LogP contribution < -0.4 is 10.9 Å². The number of rotatable bonds is 7. The molecule has 1 aliphatic rings. The van der Waals surface area contributed by atoms with Gasteiger partial charge in [-0.05, 0) is 54.8 Å². The molecule has 1 aliphatic carbocycles. The fourth-order valence-corrected chi connectivity index (χ4v) is 8.83. The Morgan fingerprint density at radius 2 is 1.90 bits per heavy atom. The molecule has 1 N–H and O–H groups in total. The maximum absolute atomic E-state index is 14.0. The first-order chi connectivity index (χ1) is 19.5. The van der Waals surface area contributed by atoms with E-state index in [0.717, 1.165) is 46.5 Å². The van der Waals surface area contributed by atoms with Gasteiger partial charge < -0.3 is 10.1 Å². The summed E-state index contributed by atoms with van der Waals surface area (Å²) >= 11 is 5.61. The van der Waals surface area contributed by atoms with Gasteiger partial charge in [0, 0.05) is 20.7 Å². The van der Waals surface area contributed by atoms with Crippen LogP contribution in [-0.2, 0) is 22.4 Å². The quantitative estimate of drug-likeness (QED) is 0.0925. The van der Waals surface area contributed by atoms with Gasteiger partial charge in [-0.2, -0.15) is 0 Å². The molecule has 4 aromatic heterocycles.